The number of amides is 1. The van der Waals surface area contributed by atoms with Crippen LogP contribution in [0.25, 0.3) is 11.3 Å². The van der Waals surface area contributed by atoms with Gasteiger partial charge in [-0.3, -0.25) is 9.78 Å². The van der Waals surface area contributed by atoms with Crippen LogP contribution in [0.3, 0.4) is 0 Å². The van der Waals surface area contributed by atoms with Gasteiger partial charge in [0.05, 0.1) is 0 Å². The molecular weight excluding hydrogens is 328 g/mol. The van der Waals surface area contributed by atoms with Gasteiger partial charge in [-0.1, -0.05) is 35.5 Å². The van der Waals surface area contributed by atoms with Crippen LogP contribution in [-0.4, -0.2) is 40.6 Å². The minimum Gasteiger partial charge on any atom is -0.355 e. The lowest BCUT2D eigenvalue weighted by atomic mass is 9.89. The van der Waals surface area contributed by atoms with E-state index in [0.717, 1.165) is 5.56 Å². The molecule has 0 saturated carbocycles. The van der Waals surface area contributed by atoms with E-state index < -0.39 is 0 Å². The third kappa shape index (κ3) is 3.11. The summed E-state index contributed by atoms with van der Waals surface area (Å²) in [5.74, 6) is 0.931. The molecule has 2 N–H and O–H groups in total. The molecule has 2 aromatic heterocycles. The molecule has 6 heteroatoms. The van der Waals surface area contributed by atoms with Crippen LogP contribution >= 0.6 is 0 Å². The number of nitrogens with zero attached hydrogens (tertiary/aromatic N) is 3. The van der Waals surface area contributed by atoms with Crippen LogP contribution in [0.2, 0.25) is 0 Å². The topological polar surface area (TPSA) is 85.2 Å². The number of pyridine rings is 1. The fraction of sp³-hybridized carbons (Fsp3) is 0.250. The van der Waals surface area contributed by atoms with Gasteiger partial charge in [-0.15, -0.1) is 0 Å². The molecule has 1 amide bonds. The van der Waals surface area contributed by atoms with Gasteiger partial charge in [-0.25, -0.2) is 0 Å². The Bertz CT molecular complexity index is 879. The Kier molecular flexibility index (Phi) is 4.50. The van der Waals surface area contributed by atoms with Crippen LogP contribution in [0.1, 0.15) is 22.0 Å². The number of hydrogen-bond donors (Lipinski definition) is 1. The molecule has 0 aliphatic carbocycles. The lowest BCUT2D eigenvalue weighted by molar-refractivity contribution is 0.0776. The van der Waals surface area contributed by atoms with Crippen molar-refractivity contribution in [2.24, 2.45) is 11.7 Å². The molecule has 1 aliphatic heterocycles. The average molecular weight is 348 g/mol. The molecule has 132 valence electrons. The molecule has 4 rings (SSSR count). The van der Waals surface area contributed by atoms with Crippen LogP contribution in [-0.2, 0) is 0 Å². The molecule has 0 spiro atoms. The summed E-state index contributed by atoms with van der Waals surface area (Å²) in [7, 11) is 0. The monoisotopic (exact) mass is 348 g/mol. The summed E-state index contributed by atoms with van der Waals surface area (Å²) in [4.78, 5) is 18.7. The number of hydrogen-bond acceptors (Lipinski definition) is 5. The van der Waals surface area contributed by atoms with Crippen LogP contribution < -0.4 is 5.73 Å². The fourth-order valence-electron chi connectivity index (χ4n) is 3.54. The number of aromatic nitrogens is 2. The molecule has 1 saturated heterocycles. The van der Waals surface area contributed by atoms with E-state index in [2.05, 4.69) is 22.3 Å². The summed E-state index contributed by atoms with van der Waals surface area (Å²) < 4.78 is 5.35. The Balaban J connectivity index is 1.53. The van der Waals surface area contributed by atoms with Crippen LogP contribution in [0, 0.1) is 5.92 Å². The van der Waals surface area contributed by atoms with Crippen molar-refractivity contribution < 1.29 is 9.32 Å². The average Bonchev–Trinajstić information content (AvgIpc) is 3.36. The number of benzene rings is 1. The standard InChI is InChI=1S/C20H20N4O2/c21-11-16-12-24(13-17(16)14-4-2-1-3-5-14)20(25)18-10-19(26-23-18)15-6-8-22-9-7-15/h1-10,16-17H,11-13,21H2/t16-,17+/m1/s1. The Hall–Kier alpha value is -2.99. The van der Waals surface area contributed by atoms with Gasteiger partial charge in [0, 0.05) is 43.0 Å². The van der Waals surface area contributed by atoms with E-state index in [4.69, 9.17) is 10.3 Å². The SMILES string of the molecule is NC[C@@H]1CN(C(=O)c2cc(-c3ccncc3)on2)C[C@H]1c1ccccc1. The largest absolute Gasteiger partial charge is 0.355 e. The smallest absolute Gasteiger partial charge is 0.276 e. The van der Waals surface area contributed by atoms with Crippen LogP contribution in [0.4, 0.5) is 0 Å². The van der Waals surface area contributed by atoms with Crippen molar-refractivity contribution in [3.8, 4) is 11.3 Å². The normalized spacial score (nSPS) is 19.7. The summed E-state index contributed by atoms with van der Waals surface area (Å²) >= 11 is 0. The van der Waals surface area contributed by atoms with Gasteiger partial charge >= 0.3 is 0 Å². The molecule has 3 aromatic rings. The van der Waals surface area contributed by atoms with Crippen molar-refractivity contribution in [3.63, 3.8) is 0 Å². The highest BCUT2D eigenvalue weighted by Gasteiger charge is 2.36. The molecule has 26 heavy (non-hydrogen) atoms. The predicted octanol–water partition coefficient (Wildman–Crippen LogP) is 2.55. The van der Waals surface area contributed by atoms with Gasteiger partial charge in [0.15, 0.2) is 11.5 Å². The van der Waals surface area contributed by atoms with Gasteiger partial charge in [0.2, 0.25) is 0 Å². The molecule has 1 aromatic carbocycles. The van der Waals surface area contributed by atoms with Crippen molar-refractivity contribution in [1.82, 2.24) is 15.0 Å². The van der Waals surface area contributed by atoms with E-state index in [1.54, 1.807) is 18.5 Å². The van der Waals surface area contributed by atoms with E-state index in [1.165, 1.54) is 5.56 Å². The van der Waals surface area contributed by atoms with E-state index in [0.29, 0.717) is 31.1 Å². The molecule has 3 heterocycles. The second-order valence-corrected chi connectivity index (χ2v) is 6.54. The summed E-state index contributed by atoms with van der Waals surface area (Å²) in [6.07, 6.45) is 3.35. The molecule has 2 atom stereocenters. The van der Waals surface area contributed by atoms with Crippen LogP contribution in [0.5, 0.6) is 0 Å². The van der Waals surface area contributed by atoms with Gasteiger partial charge in [-0.2, -0.15) is 0 Å². The number of carbonyl (C=O) groups is 1. The minimum absolute atomic E-state index is 0.120. The van der Waals surface area contributed by atoms with E-state index >= 15 is 0 Å². The van der Waals surface area contributed by atoms with Gasteiger partial charge in [0.1, 0.15) is 0 Å². The zero-order valence-electron chi connectivity index (χ0n) is 14.3. The minimum atomic E-state index is -0.120. The van der Waals surface area contributed by atoms with E-state index in [-0.39, 0.29) is 17.7 Å². The van der Waals surface area contributed by atoms with Crippen molar-refractivity contribution in [2.75, 3.05) is 19.6 Å². The summed E-state index contributed by atoms with van der Waals surface area (Å²) in [6.45, 7) is 1.82. The lowest BCUT2D eigenvalue weighted by Gasteiger charge is -2.16. The Morgan fingerprint density at radius 1 is 1.15 bits per heavy atom. The zero-order chi connectivity index (χ0) is 17.9. The Morgan fingerprint density at radius 3 is 2.65 bits per heavy atom. The first-order valence-corrected chi connectivity index (χ1v) is 8.67. The maximum Gasteiger partial charge on any atom is 0.276 e. The van der Waals surface area contributed by atoms with Crippen molar-refractivity contribution in [2.45, 2.75) is 5.92 Å². The van der Waals surface area contributed by atoms with Crippen LogP contribution in [0.15, 0.2) is 65.4 Å². The summed E-state index contributed by atoms with van der Waals surface area (Å²) in [5.41, 5.74) is 8.35. The van der Waals surface area contributed by atoms with Crippen molar-refractivity contribution in [1.29, 1.82) is 0 Å². The maximum atomic E-state index is 12.9. The highest BCUT2D eigenvalue weighted by molar-refractivity contribution is 5.93. The highest BCUT2D eigenvalue weighted by Crippen LogP contribution is 2.33. The second-order valence-electron chi connectivity index (χ2n) is 6.54. The number of carbonyl (C=O) groups excluding carboxylic acids is 1. The van der Waals surface area contributed by atoms with E-state index in [1.807, 2.05) is 35.2 Å². The predicted molar refractivity (Wildman–Crippen MR) is 97.4 cm³/mol. The molecule has 0 bridgehead atoms. The first-order chi connectivity index (χ1) is 12.8. The molecule has 6 nitrogen and oxygen atoms in total. The van der Waals surface area contributed by atoms with E-state index in [9.17, 15) is 4.79 Å². The first-order valence-electron chi connectivity index (χ1n) is 8.67. The molecule has 0 unspecified atom stereocenters. The maximum absolute atomic E-state index is 12.9. The van der Waals surface area contributed by atoms with Gasteiger partial charge < -0.3 is 15.2 Å². The summed E-state index contributed by atoms with van der Waals surface area (Å²) in [5, 5.41) is 3.97. The lowest BCUT2D eigenvalue weighted by Crippen LogP contribution is -2.30. The molecular formula is C20H20N4O2. The summed E-state index contributed by atoms with van der Waals surface area (Å²) in [6, 6.07) is 15.6. The Labute approximate surface area is 151 Å². The number of rotatable bonds is 4. The highest BCUT2D eigenvalue weighted by atomic mass is 16.5. The fourth-order valence-corrected chi connectivity index (χ4v) is 3.54. The third-order valence-corrected chi connectivity index (χ3v) is 4.95. The second kappa shape index (κ2) is 7.09. The number of nitrogens with two attached hydrogens (primary N) is 1. The quantitative estimate of drug-likeness (QED) is 0.783. The van der Waals surface area contributed by atoms with Crippen molar-refractivity contribution in [3.05, 3.63) is 72.2 Å². The third-order valence-electron chi connectivity index (χ3n) is 4.95. The van der Waals surface area contributed by atoms with Gasteiger partial charge in [-0.05, 0) is 30.2 Å². The zero-order valence-corrected chi connectivity index (χ0v) is 14.3. The molecule has 1 aliphatic rings. The number of likely N-dealkylation sites (tertiary alicyclic amines) is 1. The first kappa shape index (κ1) is 16.5. The Morgan fingerprint density at radius 2 is 1.92 bits per heavy atom. The van der Waals surface area contributed by atoms with Gasteiger partial charge in [0.25, 0.3) is 5.91 Å². The molecule has 0 radical (unpaired) electrons. The molecule has 1 fully saturated rings. The van der Waals surface area contributed by atoms with Crippen molar-refractivity contribution >= 4 is 5.91 Å².